The molecule has 2 unspecified atom stereocenters. The van der Waals surface area contributed by atoms with Gasteiger partial charge in [0.2, 0.25) is 0 Å². The number of nitrogens with one attached hydrogen (secondary N) is 1. The lowest BCUT2D eigenvalue weighted by atomic mass is 10.0. The molecule has 2 N–H and O–H groups in total. The largest absolute Gasteiger partial charge is 0.496 e. The summed E-state index contributed by atoms with van der Waals surface area (Å²) >= 11 is 0. The van der Waals surface area contributed by atoms with Gasteiger partial charge >= 0.3 is 0 Å². The standard InChI is InChI=1S/C15H23NO3/c1-11-5-6-15(18-2)13(8-11)14(17)9-16-12-4-3-7-19-10-12/h5-6,8,12,14,16-17H,3-4,7,9-10H2,1-2H3. The number of aryl methyl sites for hydroxylation is 1. The van der Waals surface area contributed by atoms with E-state index in [4.69, 9.17) is 9.47 Å². The second-order valence-electron chi connectivity index (χ2n) is 5.08. The number of aliphatic hydroxyl groups is 1. The molecular weight excluding hydrogens is 242 g/mol. The first-order valence-corrected chi connectivity index (χ1v) is 6.84. The second-order valence-corrected chi connectivity index (χ2v) is 5.08. The molecule has 4 nitrogen and oxygen atoms in total. The zero-order valence-electron chi connectivity index (χ0n) is 11.7. The molecule has 1 heterocycles. The predicted molar refractivity (Wildman–Crippen MR) is 74.5 cm³/mol. The Morgan fingerprint density at radius 3 is 3.05 bits per heavy atom. The van der Waals surface area contributed by atoms with Crippen molar-refractivity contribution in [2.75, 3.05) is 26.9 Å². The minimum atomic E-state index is -0.559. The zero-order valence-corrected chi connectivity index (χ0v) is 11.7. The molecule has 1 aliphatic rings. The van der Waals surface area contributed by atoms with Gasteiger partial charge in [-0.1, -0.05) is 11.6 Å². The molecule has 0 spiro atoms. The van der Waals surface area contributed by atoms with E-state index in [1.807, 2.05) is 25.1 Å². The van der Waals surface area contributed by atoms with E-state index in [0.29, 0.717) is 12.6 Å². The average molecular weight is 265 g/mol. The van der Waals surface area contributed by atoms with Crippen LogP contribution in [0.5, 0.6) is 5.75 Å². The number of aliphatic hydroxyl groups excluding tert-OH is 1. The van der Waals surface area contributed by atoms with Crippen molar-refractivity contribution in [3.63, 3.8) is 0 Å². The van der Waals surface area contributed by atoms with Gasteiger partial charge in [0.05, 0.1) is 19.8 Å². The molecule has 1 aliphatic heterocycles. The van der Waals surface area contributed by atoms with Crippen molar-refractivity contribution in [3.05, 3.63) is 29.3 Å². The summed E-state index contributed by atoms with van der Waals surface area (Å²) in [5.74, 6) is 0.736. The third-order valence-corrected chi connectivity index (χ3v) is 3.50. The van der Waals surface area contributed by atoms with E-state index >= 15 is 0 Å². The number of hydrogen-bond donors (Lipinski definition) is 2. The molecule has 0 radical (unpaired) electrons. The Labute approximate surface area is 114 Å². The van der Waals surface area contributed by atoms with Crippen LogP contribution in [0.4, 0.5) is 0 Å². The van der Waals surface area contributed by atoms with E-state index in [9.17, 15) is 5.11 Å². The molecule has 1 fully saturated rings. The van der Waals surface area contributed by atoms with Crippen LogP contribution in [0.3, 0.4) is 0 Å². The number of hydrogen-bond acceptors (Lipinski definition) is 4. The van der Waals surface area contributed by atoms with Crippen molar-refractivity contribution in [1.29, 1.82) is 0 Å². The van der Waals surface area contributed by atoms with Crippen LogP contribution in [-0.2, 0) is 4.74 Å². The lowest BCUT2D eigenvalue weighted by Crippen LogP contribution is -2.39. The third kappa shape index (κ3) is 3.93. The maximum absolute atomic E-state index is 10.3. The van der Waals surface area contributed by atoms with Crippen molar-refractivity contribution in [3.8, 4) is 5.75 Å². The van der Waals surface area contributed by atoms with E-state index in [-0.39, 0.29) is 0 Å². The molecule has 0 amide bonds. The Kier molecular flexibility index (Phi) is 5.19. The molecule has 0 aromatic heterocycles. The summed E-state index contributed by atoms with van der Waals surface area (Å²) in [5, 5.41) is 13.7. The van der Waals surface area contributed by atoms with Gasteiger partial charge < -0.3 is 19.9 Å². The van der Waals surface area contributed by atoms with E-state index in [0.717, 1.165) is 42.9 Å². The summed E-state index contributed by atoms with van der Waals surface area (Å²) in [6.07, 6.45) is 1.64. The molecule has 2 rings (SSSR count). The molecule has 4 heteroatoms. The third-order valence-electron chi connectivity index (χ3n) is 3.50. The van der Waals surface area contributed by atoms with Crippen LogP contribution in [0.15, 0.2) is 18.2 Å². The topological polar surface area (TPSA) is 50.7 Å². The summed E-state index contributed by atoms with van der Waals surface area (Å²) in [5.41, 5.74) is 1.96. The van der Waals surface area contributed by atoms with E-state index < -0.39 is 6.10 Å². The number of benzene rings is 1. The first kappa shape index (κ1) is 14.3. The van der Waals surface area contributed by atoms with Crippen molar-refractivity contribution >= 4 is 0 Å². The van der Waals surface area contributed by atoms with Gasteiger partial charge in [0.25, 0.3) is 0 Å². The maximum atomic E-state index is 10.3. The summed E-state index contributed by atoms with van der Waals surface area (Å²) in [4.78, 5) is 0. The summed E-state index contributed by atoms with van der Waals surface area (Å²) in [6.45, 7) is 4.12. The first-order valence-electron chi connectivity index (χ1n) is 6.84. The van der Waals surface area contributed by atoms with E-state index in [1.165, 1.54) is 0 Å². The summed E-state index contributed by atoms with van der Waals surface area (Å²) in [6, 6.07) is 6.21. The molecule has 0 saturated carbocycles. The minimum Gasteiger partial charge on any atom is -0.496 e. The Balaban J connectivity index is 1.94. The van der Waals surface area contributed by atoms with E-state index in [1.54, 1.807) is 7.11 Å². The van der Waals surface area contributed by atoms with Crippen molar-refractivity contribution in [2.24, 2.45) is 0 Å². The Bertz CT molecular complexity index is 402. The van der Waals surface area contributed by atoms with Crippen molar-refractivity contribution in [2.45, 2.75) is 31.9 Å². The normalized spacial score (nSPS) is 21.1. The van der Waals surface area contributed by atoms with Crippen LogP contribution in [-0.4, -0.2) is 38.0 Å². The van der Waals surface area contributed by atoms with Gasteiger partial charge in [0.1, 0.15) is 5.75 Å². The molecule has 1 saturated heterocycles. The molecular formula is C15H23NO3. The highest BCUT2D eigenvalue weighted by Crippen LogP contribution is 2.26. The van der Waals surface area contributed by atoms with Gasteiger partial charge in [-0.2, -0.15) is 0 Å². The number of methoxy groups -OCH3 is 1. The van der Waals surface area contributed by atoms with Gasteiger partial charge in [-0.25, -0.2) is 0 Å². The molecule has 0 aliphatic carbocycles. The van der Waals surface area contributed by atoms with Gasteiger partial charge in [-0.3, -0.25) is 0 Å². The van der Waals surface area contributed by atoms with Crippen molar-refractivity contribution in [1.82, 2.24) is 5.32 Å². The van der Waals surface area contributed by atoms with Crippen LogP contribution in [0, 0.1) is 6.92 Å². The van der Waals surface area contributed by atoms with Crippen LogP contribution in [0.25, 0.3) is 0 Å². The lowest BCUT2D eigenvalue weighted by Gasteiger charge is -2.25. The predicted octanol–water partition coefficient (Wildman–Crippen LogP) is 1.81. The average Bonchev–Trinajstić information content (AvgIpc) is 2.46. The zero-order chi connectivity index (χ0) is 13.7. The summed E-state index contributed by atoms with van der Waals surface area (Å²) in [7, 11) is 1.63. The summed E-state index contributed by atoms with van der Waals surface area (Å²) < 4.78 is 10.7. The maximum Gasteiger partial charge on any atom is 0.124 e. The Hall–Kier alpha value is -1.10. The molecule has 1 aromatic carbocycles. The fraction of sp³-hybridized carbons (Fsp3) is 0.600. The number of ether oxygens (including phenoxy) is 2. The minimum absolute atomic E-state index is 0.346. The SMILES string of the molecule is COc1ccc(C)cc1C(O)CNC1CCCOC1. The molecule has 1 aromatic rings. The van der Waals surface area contributed by atoms with Crippen LogP contribution < -0.4 is 10.1 Å². The van der Waals surface area contributed by atoms with Crippen LogP contribution >= 0.6 is 0 Å². The van der Waals surface area contributed by atoms with Gasteiger partial charge in [-0.15, -0.1) is 0 Å². The van der Waals surface area contributed by atoms with Gasteiger partial charge in [0, 0.05) is 24.8 Å². The van der Waals surface area contributed by atoms with Crippen molar-refractivity contribution < 1.29 is 14.6 Å². The fourth-order valence-electron chi connectivity index (χ4n) is 2.40. The highest BCUT2D eigenvalue weighted by Gasteiger charge is 2.17. The highest BCUT2D eigenvalue weighted by molar-refractivity contribution is 5.38. The number of rotatable bonds is 5. The van der Waals surface area contributed by atoms with Crippen LogP contribution in [0.2, 0.25) is 0 Å². The first-order chi connectivity index (χ1) is 9.20. The quantitative estimate of drug-likeness (QED) is 0.852. The molecule has 19 heavy (non-hydrogen) atoms. The van der Waals surface area contributed by atoms with Gasteiger partial charge in [-0.05, 0) is 31.9 Å². The van der Waals surface area contributed by atoms with Gasteiger partial charge in [0.15, 0.2) is 0 Å². The smallest absolute Gasteiger partial charge is 0.124 e. The molecule has 0 bridgehead atoms. The monoisotopic (exact) mass is 265 g/mol. The highest BCUT2D eigenvalue weighted by atomic mass is 16.5. The lowest BCUT2D eigenvalue weighted by molar-refractivity contribution is 0.0637. The molecule has 106 valence electrons. The fourth-order valence-corrected chi connectivity index (χ4v) is 2.40. The Morgan fingerprint density at radius 2 is 2.37 bits per heavy atom. The molecule has 2 atom stereocenters. The second kappa shape index (κ2) is 6.89. The van der Waals surface area contributed by atoms with E-state index in [2.05, 4.69) is 5.32 Å². The Morgan fingerprint density at radius 1 is 1.53 bits per heavy atom. The van der Waals surface area contributed by atoms with Crippen LogP contribution in [0.1, 0.15) is 30.1 Å².